The molecule has 0 spiro atoms. The van der Waals surface area contributed by atoms with Gasteiger partial charge in [0.1, 0.15) is 5.82 Å². The van der Waals surface area contributed by atoms with Crippen LogP contribution < -0.4 is 16.8 Å². The summed E-state index contributed by atoms with van der Waals surface area (Å²) in [6, 6.07) is 12.0. The van der Waals surface area contributed by atoms with Crippen LogP contribution in [0, 0.1) is 5.82 Å². The van der Waals surface area contributed by atoms with Gasteiger partial charge in [-0.2, -0.15) is 0 Å². The highest BCUT2D eigenvalue weighted by atomic mass is 35.5. The van der Waals surface area contributed by atoms with Crippen LogP contribution in [0.1, 0.15) is 23.2 Å². The third kappa shape index (κ3) is 5.69. The van der Waals surface area contributed by atoms with Crippen LogP contribution >= 0.6 is 24.8 Å². The predicted octanol–water partition coefficient (Wildman–Crippen LogP) is 3.61. The Balaban J connectivity index is 0.00000196. The van der Waals surface area contributed by atoms with E-state index in [1.54, 1.807) is 18.3 Å². The monoisotopic (exact) mass is 426 g/mol. The normalized spacial score (nSPS) is 11.4. The Hall–Kier alpha value is -2.12. The van der Waals surface area contributed by atoms with Gasteiger partial charge in [-0.05, 0) is 54.8 Å². The van der Waals surface area contributed by atoms with Crippen molar-refractivity contribution in [3.05, 3.63) is 60.0 Å². The first-order chi connectivity index (χ1) is 12.6. The molecule has 0 bridgehead atoms. The quantitative estimate of drug-likeness (QED) is 0.464. The first-order valence-electron chi connectivity index (χ1n) is 8.69. The molecule has 5 nitrogen and oxygen atoms in total. The molecule has 3 aromatic rings. The molecule has 1 heterocycles. The number of nitrogens with two attached hydrogens (primary N) is 2. The lowest BCUT2D eigenvalue weighted by atomic mass is 10.0. The lowest BCUT2D eigenvalue weighted by Gasteiger charge is -2.12. The Kier molecular flexibility index (Phi) is 9.41. The molecule has 1 aromatic heterocycles. The zero-order valence-electron chi connectivity index (χ0n) is 15.3. The molecule has 0 aliphatic carbocycles. The van der Waals surface area contributed by atoms with Gasteiger partial charge in [-0.3, -0.25) is 4.79 Å². The number of nitrogens with one attached hydrogen (secondary N) is 2. The number of amides is 1. The van der Waals surface area contributed by atoms with Crippen molar-refractivity contribution in [1.29, 1.82) is 0 Å². The lowest BCUT2D eigenvalue weighted by molar-refractivity contribution is 0.0952. The van der Waals surface area contributed by atoms with Gasteiger partial charge in [0, 0.05) is 29.7 Å². The van der Waals surface area contributed by atoms with E-state index in [1.807, 2.05) is 18.2 Å². The van der Waals surface area contributed by atoms with E-state index < -0.39 is 0 Å². The van der Waals surface area contributed by atoms with E-state index in [9.17, 15) is 9.18 Å². The minimum atomic E-state index is -0.275. The molecule has 152 valence electrons. The van der Waals surface area contributed by atoms with Gasteiger partial charge < -0.3 is 21.8 Å². The second kappa shape index (κ2) is 11.0. The van der Waals surface area contributed by atoms with Gasteiger partial charge in [0.2, 0.25) is 0 Å². The van der Waals surface area contributed by atoms with Gasteiger partial charge in [0.25, 0.3) is 5.91 Å². The molecular formula is C20H25Cl2FN4O. The Labute approximate surface area is 175 Å². The van der Waals surface area contributed by atoms with E-state index in [4.69, 9.17) is 11.5 Å². The van der Waals surface area contributed by atoms with Crippen molar-refractivity contribution >= 4 is 41.6 Å². The molecule has 2 aromatic carbocycles. The van der Waals surface area contributed by atoms with Gasteiger partial charge >= 0.3 is 0 Å². The molecule has 0 saturated heterocycles. The van der Waals surface area contributed by atoms with Crippen molar-refractivity contribution in [2.75, 3.05) is 13.1 Å². The summed E-state index contributed by atoms with van der Waals surface area (Å²) in [6.45, 7) is 0.999. The van der Waals surface area contributed by atoms with Crippen molar-refractivity contribution in [2.24, 2.45) is 11.5 Å². The number of fused-ring (bicyclic) bond motifs is 1. The van der Waals surface area contributed by atoms with Gasteiger partial charge in [-0.25, -0.2) is 4.39 Å². The third-order valence-corrected chi connectivity index (χ3v) is 4.41. The number of rotatable bonds is 7. The number of benzene rings is 2. The minimum absolute atomic E-state index is 0. The molecule has 0 aliphatic rings. The highest BCUT2D eigenvalue weighted by Crippen LogP contribution is 2.26. The highest BCUT2D eigenvalue weighted by Gasteiger charge is 2.14. The van der Waals surface area contributed by atoms with Crippen molar-refractivity contribution in [1.82, 2.24) is 10.3 Å². The van der Waals surface area contributed by atoms with Crippen LogP contribution in [-0.4, -0.2) is 30.0 Å². The summed E-state index contributed by atoms with van der Waals surface area (Å²) in [5.74, 6) is -0.446. The van der Waals surface area contributed by atoms with E-state index in [-0.39, 0.29) is 42.6 Å². The second-order valence-electron chi connectivity index (χ2n) is 6.37. The number of hydrogen-bond acceptors (Lipinski definition) is 3. The average molecular weight is 427 g/mol. The van der Waals surface area contributed by atoms with Crippen LogP contribution in [0.15, 0.2) is 48.7 Å². The van der Waals surface area contributed by atoms with E-state index >= 15 is 0 Å². The van der Waals surface area contributed by atoms with Crippen molar-refractivity contribution in [2.45, 2.75) is 18.9 Å². The van der Waals surface area contributed by atoms with E-state index in [2.05, 4.69) is 10.3 Å². The largest absolute Gasteiger partial charge is 0.360 e. The van der Waals surface area contributed by atoms with Crippen molar-refractivity contribution < 1.29 is 9.18 Å². The van der Waals surface area contributed by atoms with Crippen LogP contribution in [0.5, 0.6) is 0 Å². The topological polar surface area (TPSA) is 96.9 Å². The smallest absolute Gasteiger partial charge is 0.253 e. The van der Waals surface area contributed by atoms with E-state index in [0.29, 0.717) is 18.7 Å². The molecular weight excluding hydrogens is 402 g/mol. The minimum Gasteiger partial charge on any atom is -0.360 e. The van der Waals surface area contributed by atoms with Crippen LogP contribution in [0.4, 0.5) is 4.39 Å². The first-order valence-corrected chi connectivity index (χ1v) is 8.69. The van der Waals surface area contributed by atoms with Gasteiger partial charge in [-0.1, -0.05) is 18.2 Å². The molecule has 1 amide bonds. The molecule has 1 atom stereocenters. The number of H-pyrrole nitrogens is 1. The number of carbonyl (C=O) groups is 1. The summed E-state index contributed by atoms with van der Waals surface area (Å²) >= 11 is 0. The molecule has 3 rings (SSSR count). The van der Waals surface area contributed by atoms with Gasteiger partial charge in [0.15, 0.2) is 0 Å². The fourth-order valence-corrected chi connectivity index (χ4v) is 2.93. The maximum atomic E-state index is 13.1. The number of halogens is 3. The van der Waals surface area contributed by atoms with Crippen LogP contribution in [-0.2, 0) is 0 Å². The van der Waals surface area contributed by atoms with Gasteiger partial charge in [0.05, 0.1) is 5.56 Å². The van der Waals surface area contributed by atoms with Crippen LogP contribution in [0.2, 0.25) is 0 Å². The number of carbonyl (C=O) groups excluding carboxylic acids is 1. The lowest BCUT2D eigenvalue weighted by Crippen LogP contribution is -2.37. The second-order valence-corrected chi connectivity index (χ2v) is 6.37. The van der Waals surface area contributed by atoms with Gasteiger partial charge in [-0.15, -0.1) is 24.8 Å². The fourth-order valence-electron chi connectivity index (χ4n) is 2.93. The molecule has 6 N–H and O–H groups in total. The summed E-state index contributed by atoms with van der Waals surface area (Å²) in [6.07, 6.45) is 3.31. The first kappa shape index (κ1) is 23.9. The standard InChI is InChI=1S/C20H23FN4O.2ClH/c21-15-6-3-13(4-7-15)14-5-8-19-17(10-14)18(12-24-19)20(26)25-11-16(23)2-1-9-22;;/h3-8,10,12,16,24H,1-2,9,11,22-23H2,(H,25,26);2*1H. The van der Waals surface area contributed by atoms with Crippen molar-refractivity contribution in [3.63, 3.8) is 0 Å². The van der Waals surface area contributed by atoms with Crippen molar-refractivity contribution in [3.8, 4) is 11.1 Å². The molecule has 0 fully saturated rings. The van der Waals surface area contributed by atoms with Crippen LogP contribution in [0.25, 0.3) is 22.0 Å². The summed E-state index contributed by atoms with van der Waals surface area (Å²) in [5.41, 5.74) is 14.7. The zero-order chi connectivity index (χ0) is 18.5. The molecule has 1 unspecified atom stereocenters. The Morgan fingerprint density at radius 1 is 1.11 bits per heavy atom. The Morgan fingerprint density at radius 2 is 1.79 bits per heavy atom. The molecule has 0 aliphatic heterocycles. The summed E-state index contributed by atoms with van der Waals surface area (Å²) in [4.78, 5) is 15.6. The maximum Gasteiger partial charge on any atom is 0.253 e. The van der Waals surface area contributed by atoms with E-state index in [0.717, 1.165) is 34.9 Å². The summed E-state index contributed by atoms with van der Waals surface area (Å²) in [7, 11) is 0. The summed E-state index contributed by atoms with van der Waals surface area (Å²) in [5, 5.41) is 3.70. The predicted molar refractivity (Wildman–Crippen MR) is 117 cm³/mol. The third-order valence-electron chi connectivity index (χ3n) is 4.41. The number of hydrogen-bond donors (Lipinski definition) is 4. The molecule has 28 heavy (non-hydrogen) atoms. The Morgan fingerprint density at radius 3 is 2.46 bits per heavy atom. The fraction of sp³-hybridized carbons (Fsp3) is 0.250. The zero-order valence-corrected chi connectivity index (χ0v) is 16.9. The molecule has 8 heteroatoms. The van der Waals surface area contributed by atoms with E-state index in [1.165, 1.54) is 12.1 Å². The average Bonchev–Trinajstić information content (AvgIpc) is 3.08. The van der Waals surface area contributed by atoms with Crippen LogP contribution in [0.3, 0.4) is 0 Å². The maximum absolute atomic E-state index is 13.1. The highest BCUT2D eigenvalue weighted by molar-refractivity contribution is 6.07. The Bertz CT molecular complexity index is 899. The summed E-state index contributed by atoms with van der Waals surface area (Å²) < 4.78 is 13.1. The number of aromatic amines is 1. The SMILES string of the molecule is Cl.Cl.NCCCC(N)CNC(=O)c1c[nH]c2ccc(-c3ccc(F)cc3)cc12. The molecule has 0 radical (unpaired) electrons. The molecule has 0 saturated carbocycles. The number of aromatic nitrogens is 1.